The second-order valence-corrected chi connectivity index (χ2v) is 6.59. The average molecular weight is 360 g/mol. The smallest absolute Gasteiger partial charge is 0.274 e. The molecule has 0 atom stereocenters. The molecule has 0 radical (unpaired) electrons. The lowest BCUT2D eigenvalue weighted by atomic mass is 10.2. The first kappa shape index (κ1) is 16.2. The molecule has 3 aromatic heterocycles. The van der Waals surface area contributed by atoms with Crippen molar-refractivity contribution in [2.75, 3.05) is 5.32 Å². The molecular weight excluding hydrogens is 344 g/mol. The van der Waals surface area contributed by atoms with Crippen molar-refractivity contribution in [3.05, 3.63) is 89.8 Å². The molecule has 0 aliphatic carbocycles. The van der Waals surface area contributed by atoms with E-state index in [1.807, 2.05) is 70.7 Å². The van der Waals surface area contributed by atoms with Crippen LogP contribution in [-0.2, 0) is 6.54 Å². The molecule has 6 heteroatoms. The van der Waals surface area contributed by atoms with E-state index >= 15 is 0 Å². The van der Waals surface area contributed by atoms with Crippen LogP contribution in [0, 0.1) is 0 Å². The molecule has 0 aliphatic heterocycles. The predicted molar refractivity (Wildman–Crippen MR) is 103 cm³/mol. The van der Waals surface area contributed by atoms with Gasteiger partial charge < -0.3 is 4.57 Å². The van der Waals surface area contributed by atoms with Crippen molar-refractivity contribution < 1.29 is 4.79 Å². The largest absolute Gasteiger partial charge is 0.339 e. The van der Waals surface area contributed by atoms with Crippen LogP contribution in [0.5, 0.6) is 0 Å². The molecular formula is C20H16N4OS. The Balaban J connectivity index is 1.49. The number of amides is 1. The lowest BCUT2D eigenvalue weighted by Gasteiger charge is -2.08. The number of aromatic nitrogens is 3. The molecule has 1 aromatic carbocycles. The van der Waals surface area contributed by atoms with Crippen molar-refractivity contribution in [2.24, 2.45) is 0 Å². The second-order valence-electron chi connectivity index (χ2n) is 5.73. The van der Waals surface area contributed by atoms with Crippen LogP contribution >= 0.6 is 11.3 Å². The normalized spacial score (nSPS) is 10.6. The maximum Gasteiger partial charge on any atom is 0.274 e. The third-order valence-electron chi connectivity index (χ3n) is 3.96. The van der Waals surface area contributed by atoms with Crippen molar-refractivity contribution >= 4 is 22.4 Å². The Morgan fingerprint density at radius 1 is 1.04 bits per heavy atom. The first-order valence-corrected chi connectivity index (χ1v) is 9.04. The number of rotatable bonds is 5. The number of pyridine rings is 1. The van der Waals surface area contributed by atoms with Gasteiger partial charge in [-0.1, -0.05) is 30.3 Å². The van der Waals surface area contributed by atoms with E-state index < -0.39 is 0 Å². The third kappa shape index (κ3) is 3.55. The Kier molecular flexibility index (Phi) is 4.57. The summed E-state index contributed by atoms with van der Waals surface area (Å²) in [5.74, 6) is -0.169. The zero-order valence-electron chi connectivity index (χ0n) is 13.9. The number of hydrogen-bond acceptors (Lipinski definition) is 4. The van der Waals surface area contributed by atoms with Gasteiger partial charge in [-0.3, -0.25) is 15.1 Å². The summed E-state index contributed by atoms with van der Waals surface area (Å²) in [7, 11) is 0. The van der Waals surface area contributed by atoms with Crippen LogP contribution in [0.15, 0.2) is 78.6 Å². The molecule has 4 rings (SSSR count). The predicted octanol–water partition coefficient (Wildman–Crippen LogP) is 4.31. The van der Waals surface area contributed by atoms with E-state index in [0.29, 0.717) is 17.4 Å². The van der Waals surface area contributed by atoms with Gasteiger partial charge in [-0.05, 0) is 29.8 Å². The summed E-state index contributed by atoms with van der Waals surface area (Å²) in [5.41, 5.74) is 3.58. The quantitative estimate of drug-likeness (QED) is 0.577. The fourth-order valence-corrected chi connectivity index (χ4v) is 3.39. The number of nitrogens with zero attached hydrogens (tertiary/aromatic N) is 3. The molecule has 4 aromatic rings. The topological polar surface area (TPSA) is 59.8 Å². The molecule has 1 amide bonds. The summed E-state index contributed by atoms with van der Waals surface area (Å²) in [6, 6.07) is 17.5. The summed E-state index contributed by atoms with van der Waals surface area (Å²) < 4.78 is 1.91. The SMILES string of the molecule is O=C(Nc1nc(-c2ccccc2)cs1)c1cccn1Cc1ccncc1. The van der Waals surface area contributed by atoms with Crippen molar-refractivity contribution in [2.45, 2.75) is 6.54 Å². The molecule has 0 spiro atoms. The van der Waals surface area contributed by atoms with Gasteiger partial charge in [0.1, 0.15) is 5.69 Å². The summed E-state index contributed by atoms with van der Waals surface area (Å²) in [4.78, 5) is 21.2. The first-order chi connectivity index (χ1) is 12.8. The maximum absolute atomic E-state index is 12.7. The first-order valence-electron chi connectivity index (χ1n) is 8.16. The van der Waals surface area contributed by atoms with Crippen molar-refractivity contribution in [1.29, 1.82) is 0 Å². The van der Waals surface area contributed by atoms with Gasteiger partial charge in [-0.25, -0.2) is 4.98 Å². The number of benzene rings is 1. The number of anilines is 1. The number of carbonyl (C=O) groups is 1. The lowest BCUT2D eigenvalue weighted by molar-refractivity contribution is 0.101. The summed E-state index contributed by atoms with van der Waals surface area (Å²) in [6.45, 7) is 0.616. The molecule has 0 saturated carbocycles. The van der Waals surface area contributed by atoms with Crippen molar-refractivity contribution in [3.63, 3.8) is 0 Å². The van der Waals surface area contributed by atoms with Crippen LogP contribution < -0.4 is 5.32 Å². The fraction of sp³-hybridized carbons (Fsp3) is 0.0500. The fourth-order valence-electron chi connectivity index (χ4n) is 2.68. The average Bonchev–Trinajstić information content (AvgIpc) is 3.33. The van der Waals surface area contributed by atoms with E-state index in [1.54, 1.807) is 12.4 Å². The summed E-state index contributed by atoms with van der Waals surface area (Å²) >= 11 is 1.42. The van der Waals surface area contributed by atoms with Gasteiger partial charge in [-0.2, -0.15) is 0 Å². The van der Waals surface area contributed by atoms with E-state index in [4.69, 9.17) is 0 Å². The Hall–Kier alpha value is -3.25. The zero-order valence-corrected chi connectivity index (χ0v) is 14.7. The molecule has 3 heterocycles. The number of nitrogens with one attached hydrogen (secondary N) is 1. The lowest BCUT2D eigenvalue weighted by Crippen LogP contribution is -2.17. The zero-order chi connectivity index (χ0) is 17.8. The summed E-state index contributed by atoms with van der Waals surface area (Å²) in [5, 5.41) is 5.43. The Bertz CT molecular complexity index is 1010. The minimum absolute atomic E-state index is 0.169. The monoisotopic (exact) mass is 360 g/mol. The van der Waals surface area contributed by atoms with Gasteiger partial charge in [-0.15, -0.1) is 11.3 Å². The maximum atomic E-state index is 12.7. The minimum Gasteiger partial charge on any atom is -0.339 e. The van der Waals surface area contributed by atoms with Crippen LogP contribution in [-0.4, -0.2) is 20.4 Å². The van der Waals surface area contributed by atoms with Gasteiger partial charge in [0.15, 0.2) is 5.13 Å². The highest BCUT2D eigenvalue weighted by atomic mass is 32.1. The van der Waals surface area contributed by atoms with Gasteiger partial charge in [0.25, 0.3) is 5.91 Å². The third-order valence-corrected chi connectivity index (χ3v) is 4.72. The van der Waals surface area contributed by atoms with Gasteiger partial charge >= 0.3 is 0 Å². The van der Waals surface area contributed by atoms with Crippen LogP contribution in [0.25, 0.3) is 11.3 Å². The number of hydrogen-bond donors (Lipinski definition) is 1. The summed E-state index contributed by atoms with van der Waals surface area (Å²) in [6.07, 6.45) is 5.39. The highest BCUT2D eigenvalue weighted by Crippen LogP contribution is 2.25. The number of carbonyl (C=O) groups excluding carboxylic acids is 1. The van der Waals surface area contributed by atoms with Gasteiger partial charge in [0.2, 0.25) is 0 Å². The minimum atomic E-state index is -0.169. The molecule has 128 valence electrons. The molecule has 5 nitrogen and oxygen atoms in total. The highest BCUT2D eigenvalue weighted by molar-refractivity contribution is 7.14. The molecule has 1 N–H and O–H groups in total. The highest BCUT2D eigenvalue weighted by Gasteiger charge is 2.13. The standard InChI is InChI=1S/C20H16N4OS/c25-19(18-7-4-12-24(18)13-15-8-10-21-11-9-15)23-20-22-17(14-26-20)16-5-2-1-3-6-16/h1-12,14H,13H2,(H,22,23,25). The van der Waals surface area contributed by atoms with Crippen molar-refractivity contribution in [1.82, 2.24) is 14.5 Å². The Morgan fingerprint density at radius 2 is 1.85 bits per heavy atom. The molecule has 0 saturated heterocycles. The molecule has 26 heavy (non-hydrogen) atoms. The molecule has 0 aliphatic rings. The van der Waals surface area contributed by atoms with Crippen LogP contribution in [0.3, 0.4) is 0 Å². The molecule has 0 fully saturated rings. The van der Waals surface area contributed by atoms with Gasteiger partial charge in [0, 0.05) is 36.1 Å². The molecule has 0 unspecified atom stereocenters. The van der Waals surface area contributed by atoms with Crippen LogP contribution in [0.2, 0.25) is 0 Å². The Labute approximate surface area is 155 Å². The molecule has 0 bridgehead atoms. The van der Waals surface area contributed by atoms with E-state index in [9.17, 15) is 4.79 Å². The van der Waals surface area contributed by atoms with E-state index in [2.05, 4.69) is 15.3 Å². The number of thiazole rings is 1. The van der Waals surface area contributed by atoms with E-state index in [1.165, 1.54) is 11.3 Å². The van der Waals surface area contributed by atoms with E-state index in [0.717, 1.165) is 16.8 Å². The van der Waals surface area contributed by atoms with Crippen molar-refractivity contribution in [3.8, 4) is 11.3 Å². The van der Waals surface area contributed by atoms with Crippen LogP contribution in [0.1, 0.15) is 16.1 Å². The van der Waals surface area contributed by atoms with E-state index in [-0.39, 0.29) is 5.91 Å². The van der Waals surface area contributed by atoms with Crippen LogP contribution in [0.4, 0.5) is 5.13 Å². The Morgan fingerprint density at radius 3 is 2.65 bits per heavy atom. The second kappa shape index (κ2) is 7.33. The van der Waals surface area contributed by atoms with Gasteiger partial charge in [0.05, 0.1) is 5.69 Å².